The van der Waals surface area contributed by atoms with Gasteiger partial charge in [0.2, 0.25) is 0 Å². The lowest BCUT2D eigenvalue weighted by Crippen LogP contribution is -2.49. The van der Waals surface area contributed by atoms with Crippen LogP contribution < -0.4 is 15.0 Å². The van der Waals surface area contributed by atoms with E-state index >= 15 is 0 Å². The fourth-order valence-electron chi connectivity index (χ4n) is 3.92. The van der Waals surface area contributed by atoms with Gasteiger partial charge in [0, 0.05) is 29.8 Å². The van der Waals surface area contributed by atoms with Crippen LogP contribution in [-0.2, 0) is 4.79 Å². The highest BCUT2D eigenvalue weighted by atomic mass is 35.5. The van der Waals surface area contributed by atoms with Gasteiger partial charge < -0.3 is 20.1 Å². The second-order valence-electron chi connectivity index (χ2n) is 9.25. The number of aromatic nitrogens is 2. The van der Waals surface area contributed by atoms with Crippen LogP contribution in [0.1, 0.15) is 29.9 Å². The van der Waals surface area contributed by atoms with Gasteiger partial charge in [-0.3, -0.25) is 14.0 Å². The van der Waals surface area contributed by atoms with Crippen molar-refractivity contribution in [1.82, 2.24) is 14.7 Å². The summed E-state index contributed by atoms with van der Waals surface area (Å²) < 4.78 is 21.3. The maximum absolute atomic E-state index is 13.8. The zero-order valence-corrected chi connectivity index (χ0v) is 22.2. The third kappa shape index (κ3) is 5.09. The molecular weight excluding hydrogens is 531 g/mol. The lowest BCUT2D eigenvalue weighted by molar-refractivity contribution is -0.120. The van der Waals surface area contributed by atoms with Gasteiger partial charge in [-0.1, -0.05) is 23.4 Å². The van der Waals surface area contributed by atoms with Gasteiger partial charge in [0.05, 0.1) is 16.4 Å². The van der Waals surface area contributed by atoms with E-state index in [2.05, 4.69) is 22.1 Å². The zero-order valence-electron chi connectivity index (χ0n) is 20.6. The van der Waals surface area contributed by atoms with Gasteiger partial charge in [-0.05, 0) is 50.2 Å². The van der Waals surface area contributed by atoms with Crippen molar-refractivity contribution >= 4 is 45.4 Å². The van der Waals surface area contributed by atoms with Crippen molar-refractivity contribution in [2.75, 3.05) is 18.6 Å². The predicted molar refractivity (Wildman–Crippen MR) is 143 cm³/mol. The molecule has 38 heavy (non-hydrogen) atoms. The Labute approximate surface area is 226 Å². The zero-order chi connectivity index (χ0) is 27.2. The summed E-state index contributed by atoms with van der Waals surface area (Å²) in [5.74, 6) is 4.72. The molecule has 2 aromatic heterocycles. The van der Waals surface area contributed by atoms with Crippen molar-refractivity contribution in [2.24, 2.45) is 0 Å². The van der Waals surface area contributed by atoms with Gasteiger partial charge >= 0.3 is 0 Å². The van der Waals surface area contributed by atoms with E-state index in [9.17, 15) is 19.1 Å². The molecule has 0 saturated carbocycles. The highest BCUT2D eigenvalue weighted by Gasteiger charge is 2.31. The van der Waals surface area contributed by atoms with Gasteiger partial charge in [0.15, 0.2) is 4.96 Å². The SMILES string of the molecule is CN1C(=O)C(NC(=O)c2cn3c(-c4cc(F)ccc4Cl)csc3n2)COc2ccc(C#CC(C)(C)O)cc21. The van der Waals surface area contributed by atoms with Gasteiger partial charge in [-0.15, -0.1) is 11.3 Å². The van der Waals surface area contributed by atoms with Crippen LogP contribution in [-0.4, -0.2) is 51.6 Å². The van der Waals surface area contributed by atoms with Crippen LogP contribution in [0, 0.1) is 17.7 Å². The number of nitrogens with zero attached hydrogens (tertiary/aromatic N) is 3. The fraction of sp³-hybridized carbons (Fsp3) is 0.222. The second kappa shape index (κ2) is 9.76. The van der Waals surface area contributed by atoms with E-state index in [4.69, 9.17) is 16.3 Å². The molecule has 194 valence electrons. The summed E-state index contributed by atoms with van der Waals surface area (Å²) >= 11 is 7.54. The minimum atomic E-state index is -1.16. The first kappa shape index (κ1) is 25.7. The minimum absolute atomic E-state index is 0.0804. The number of hydrogen-bond acceptors (Lipinski definition) is 6. The number of fused-ring (bicyclic) bond motifs is 2. The molecule has 3 heterocycles. The number of likely N-dealkylation sites (N-methyl/N-ethyl adjacent to an activating group) is 1. The number of thiazole rings is 1. The number of hydrogen-bond donors (Lipinski definition) is 2. The highest BCUT2D eigenvalue weighted by Crippen LogP contribution is 2.33. The number of carbonyl (C=O) groups excluding carboxylic acids is 2. The third-order valence-corrected chi connectivity index (χ3v) is 6.99. The molecule has 4 aromatic rings. The van der Waals surface area contributed by atoms with Crippen molar-refractivity contribution in [2.45, 2.75) is 25.5 Å². The normalized spacial score (nSPS) is 15.4. The van der Waals surface area contributed by atoms with Gasteiger partial charge in [0.25, 0.3) is 11.8 Å². The molecule has 0 fully saturated rings. The van der Waals surface area contributed by atoms with Gasteiger partial charge in [-0.2, -0.15) is 0 Å². The summed E-state index contributed by atoms with van der Waals surface area (Å²) in [7, 11) is 1.59. The van der Waals surface area contributed by atoms with E-state index in [1.54, 1.807) is 48.9 Å². The molecular formula is C27H22ClFN4O4S. The van der Waals surface area contributed by atoms with E-state index in [-0.39, 0.29) is 18.2 Å². The molecule has 1 aliphatic rings. The summed E-state index contributed by atoms with van der Waals surface area (Å²) in [5.41, 5.74) is 1.09. The number of imidazole rings is 1. The quantitative estimate of drug-likeness (QED) is 0.373. The van der Waals surface area contributed by atoms with E-state index in [1.165, 1.54) is 40.6 Å². The molecule has 1 aliphatic heterocycles. The Morgan fingerprint density at radius 2 is 2.11 bits per heavy atom. The highest BCUT2D eigenvalue weighted by molar-refractivity contribution is 7.15. The number of nitrogens with one attached hydrogen (secondary N) is 1. The number of rotatable bonds is 3. The molecule has 2 N–H and O–H groups in total. The number of aliphatic hydroxyl groups is 1. The maximum Gasteiger partial charge on any atom is 0.272 e. The van der Waals surface area contributed by atoms with Crippen LogP contribution in [0.4, 0.5) is 10.1 Å². The number of carbonyl (C=O) groups is 2. The molecule has 1 unspecified atom stereocenters. The lowest BCUT2D eigenvalue weighted by Gasteiger charge is -2.20. The Morgan fingerprint density at radius 1 is 1.32 bits per heavy atom. The molecule has 8 nitrogen and oxygen atoms in total. The third-order valence-electron chi connectivity index (χ3n) is 5.82. The molecule has 0 radical (unpaired) electrons. The molecule has 0 spiro atoms. The molecule has 5 rings (SSSR count). The van der Waals surface area contributed by atoms with Crippen LogP contribution in [0.5, 0.6) is 5.75 Å². The minimum Gasteiger partial charge on any atom is -0.489 e. The first-order valence-electron chi connectivity index (χ1n) is 11.5. The number of halogens is 2. The first-order valence-corrected chi connectivity index (χ1v) is 12.8. The van der Waals surface area contributed by atoms with Crippen molar-refractivity contribution in [1.29, 1.82) is 0 Å². The predicted octanol–water partition coefficient (Wildman–Crippen LogP) is 4.13. The molecule has 11 heteroatoms. The van der Waals surface area contributed by atoms with Crippen molar-refractivity contribution in [3.05, 3.63) is 70.1 Å². The molecule has 2 aromatic carbocycles. The van der Waals surface area contributed by atoms with E-state index in [1.807, 2.05) is 0 Å². The summed E-state index contributed by atoms with van der Waals surface area (Å²) in [6.45, 7) is 3.08. The van der Waals surface area contributed by atoms with E-state index < -0.39 is 23.4 Å². The topological polar surface area (TPSA) is 96.2 Å². The lowest BCUT2D eigenvalue weighted by atomic mass is 10.1. The average molecular weight is 553 g/mol. The Morgan fingerprint density at radius 3 is 2.87 bits per heavy atom. The fourth-order valence-corrected chi connectivity index (χ4v) is 5.01. The summed E-state index contributed by atoms with van der Waals surface area (Å²) in [5, 5.41) is 14.7. The van der Waals surface area contributed by atoms with Crippen LogP contribution in [0.25, 0.3) is 16.2 Å². The van der Waals surface area contributed by atoms with Crippen molar-refractivity contribution in [3.63, 3.8) is 0 Å². The summed E-state index contributed by atoms with van der Waals surface area (Å²) in [6.07, 6.45) is 1.52. The monoisotopic (exact) mass is 552 g/mol. The first-order chi connectivity index (χ1) is 18.0. The Hall–Kier alpha value is -3.91. The van der Waals surface area contributed by atoms with Crippen molar-refractivity contribution < 1.29 is 23.8 Å². The molecule has 1 atom stereocenters. The molecule has 0 saturated heterocycles. The standard InChI is InChI=1S/C27H22ClFN4O4S/c1-27(2,36)9-8-15-4-7-23-21(10-15)32(3)25(35)20(13-37-23)30-24(34)19-12-33-22(14-38-26(33)31-19)17-11-16(29)5-6-18(17)28/h4-7,10-12,14,20,36H,13H2,1-3H3,(H,30,34). The average Bonchev–Trinajstić information content (AvgIpc) is 3.44. The van der Waals surface area contributed by atoms with Crippen LogP contribution >= 0.6 is 22.9 Å². The molecule has 2 amide bonds. The number of amides is 2. The summed E-state index contributed by atoms with van der Waals surface area (Å²) in [4.78, 5) is 32.6. The second-order valence-corrected chi connectivity index (χ2v) is 10.5. The Bertz CT molecular complexity index is 1650. The summed E-state index contributed by atoms with van der Waals surface area (Å²) in [6, 6.07) is 8.21. The van der Waals surface area contributed by atoms with Gasteiger partial charge in [0.1, 0.15) is 35.5 Å². The molecule has 0 aliphatic carbocycles. The van der Waals surface area contributed by atoms with Crippen LogP contribution in [0.15, 0.2) is 48.0 Å². The van der Waals surface area contributed by atoms with Gasteiger partial charge in [-0.25, -0.2) is 9.37 Å². The number of benzene rings is 2. The maximum atomic E-state index is 13.8. The Kier molecular flexibility index (Phi) is 6.61. The van der Waals surface area contributed by atoms with Crippen LogP contribution in [0.3, 0.4) is 0 Å². The number of ether oxygens (including phenoxy) is 1. The van der Waals surface area contributed by atoms with E-state index in [0.717, 1.165) is 0 Å². The largest absolute Gasteiger partial charge is 0.489 e. The van der Waals surface area contributed by atoms with E-state index in [0.29, 0.717) is 38.2 Å². The number of anilines is 1. The van der Waals surface area contributed by atoms with Crippen molar-refractivity contribution in [3.8, 4) is 28.8 Å². The smallest absolute Gasteiger partial charge is 0.272 e. The van der Waals surface area contributed by atoms with Crippen LogP contribution in [0.2, 0.25) is 5.02 Å². The Balaban J connectivity index is 1.37. The molecule has 0 bridgehead atoms.